The van der Waals surface area contributed by atoms with Crippen LogP contribution in [0.1, 0.15) is 0 Å². The molecule has 0 amide bonds. The maximum Gasteiger partial charge on any atom is 0.164 e. The molecule has 6 nitrogen and oxygen atoms in total. The minimum Gasteiger partial charge on any atom is -0.455 e. The van der Waals surface area contributed by atoms with Gasteiger partial charge in [-0.2, -0.15) is 0 Å². The monoisotopic (exact) mass is 729 g/mol. The number of hydrogen-bond donors (Lipinski definition) is 0. The third-order valence-corrected chi connectivity index (χ3v) is 11.1. The van der Waals surface area contributed by atoms with Gasteiger partial charge in [0.1, 0.15) is 11.2 Å². The van der Waals surface area contributed by atoms with Crippen molar-refractivity contribution in [2.75, 3.05) is 0 Å². The Kier molecular flexibility index (Phi) is 6.83. The highest BCUT2D eigenvalue weighted by molar-refractivity contribution is 6.39. The number of furan rings is 1. The third-order valence-electron chi connectivity index (χ3n) is 11.1. The highest BCUT2D eigenvalue weighted by atomic mass is 16.3. The molecule has 0 spiro atoms. The van der Waals surface area contributed by atoms with Gasteiger partial charge in [0.15, 0.2) is 17.5 Å². The zero-order chi connectivity index (χ0) is 37.5. The molecule has 0 aliphatic heterocycles. The molecule has 4 heterocycles. The lowest BCUT2D eigenvalue weighted by atomic mass is 10.0. The maximum absolute atomic E-state index is 6.97. The molecule has 12 rings (SSSR count). The van der Waals surface area contributed by atoms with Crippen LogP contribution in [0.4, 0.5) is 0 Å². The molecule has 0 saturated carbocycles. The number of hydrogen-bond acceptors (Lipinski definition) is 4. The molecule has 8 aromatic carbocycles. The summed E-state index contributed by atoms with van der Waals surface area (Å²) < 4.78 is 11.8. The Bertz CT molecular complexity index is 3450. The van der Waals surface area contributed by atoms with Crippen molar-refractivity contribution in [3.8, 4) is 45.5 Å². The van der Waals surface area contributed by atoms with Crippen molar-refractivity contribution >= 4 is 65.6 Å². The van der Waals surface area contributed by atoms with Crippen molar-refractivity contribution in [3.63, 3.8) is 0 Å². The normalized spacial score (nSPS) is 11.9. The van der Waals surface area contributed by atoms with E-state index < -0.39 is 0 Å². The van der Waals surface area contributed by atoms with Crippen LogP contribution >= 0.6 is 0 Å². The molecular formula is C51H31N5O. The summed E-state index contributed by atoms with van der Waals surface area (Å²) in [5, 5.41) is 6.75. The van der Waals surface area contributed by atoms with Crippen LogP contribution in [0.25, 0.3) is 111 Å². The van der Waals surface area contributed by atoms with Crippen molar-refractivity contribution in [2.45, 2.75) is 0 Å². The summed E-state index contributed by atoms with van der Waals surface area (Å²) in [5.41, 5.74) is 11.0. The third kappa shape index (κ3) is 4.74. The van der Waals surface area contributed by atoms with E-state index in [-0.39, 0.29) is 0 Å². The van der Waals surface area contributed by atoms with Crippen molar-refractivity contribution in [2.24, 2.45) is 0 Å². The summed E-state index contributed by atoms with van der Waals surface area (Å²) in [5.74, 6) is 1.87. The minimum atomic E-state index is 0.607. The SMILES string of the molecule is c1ccc(-c2nc(-c3ccccc3)nc(-c3cccc(-n4c5ccccc5c5c6c(c7ccccc7n6-c6ccccc6)c6oc7ccccc7c6c54)c3)n2)cc1. The van der Waals surface area contributed by atoms with E-state index in [9.17, 15) is 0 Å². The van der Waals surface area contributed by atoms with Crippen molar-refractivity contribution in [1.82, 2.24) is 24.1 Å². The number of para-hydroxylation sites is 4. The van der Waals surface area contributed by atoms with Crippen molar-refractivity contribution < 1.29 is 4.42 Å². The van der Waals surface area contributed by atoms with Crippen LogP contribution in [0.5, 0.6) is 0 Å². The lowest BCUT2D eigenvalue weighted by Gasteiger charge is -2.13. The summed E-state index contributed by atoms with van der Waals surface area (Å²) in [7, 11) is 0. The van der Waals surface area contributed by atoms with E-state index in [2.05, 4.69) is 130 Å². The van der Waals surface area contributed by atoms with Gasteiger partial charge in [-0.3, -0.25) is 0 Å². The van der Waals surface area contributed by atoms with Gasteiger partial charge >= 0.3 is 0 Å². The second-order valence-electron chi connectivity index (χ2n) is 14.4. The first-order valence-corrected chi connectivity index (χ1v) is 19.1. The first kappa shape index (κ1) is 31.5. The van der Waals surface area contributed by atoms with E-state index in [0.29, 0.717) is 17.5 Å². The van der Waals surface area contributed by atoms with Crippen LogP contribution in [0.15, 0.2) is 192 Å². The molecule has 0 bridgehead atoms. The van der Waals surface area contributed by atoms with Crippen LogP contribution < -0.4 is 0 Å². The Hall–Kier alpha value is -7.83. The summed E-state index contributed by atoms with van der Waals surface area (Å²) in [4.78, 5) is 15.1. The molecule has 0 radical (unpaired) electrons. The van der Waals surface area contributed by atoms with E-state index >= 15 is 0 Å². The second kappa shape index (κ2) is 12.3. The lowest BCUT2D eigenvalue weighted by molar-refractivity contribution is 0.673. The largest absolute Gasteiger partial charge is 0.455 e. The quantitative estimate of drug-likeness (QED) is 0.177. The van der Waals surface area contributed by atoms with Gasteiger partial charge in [-0.1, -0.05) is 146 Å². The molecule has 0 atom stereocenters. The highest BCUT2D eigenvalue weighted by Gasteiger charge is 2.27. The van der Waals surface area contributed by atoms with E-state index in [4.69, 9.17) is 19.4 Å². The fourth-order valence-electron chi connectivity index (χ4n) is 8.71. The lowest BCUT2D eigenvalue weighted by Crippen LogP contribution is -2.01. The first-order valence-electron chi connectivity index (χ1n) is 19.1. The fourth-order valence-corrected chi connectivity index (χ4v) is 8.71. The van der Waals surface area contributed by atoms with Gasteiger partial charge in [0, 0.05) is 49.6 Å². The van der Waals surface area contributed by atoms with Crippen LogP contribution in [0.3, 0.4) is 0 Å². The molecule has 0 saturated heterocycles. The predicted octanol–water partition coefficient (Wildman–Crippen LogP) is 13.0. The van der Waals surface area contributed by atoms with Crippen LogP contribution in [0, 0.1) is 0 Å². The molecule has 6 heteroatoms. The topological polar surface area (TPSA) is 61.7 Å². The van der Waals surface area contributed by atoms with E-state index in [0.717, 1.165) is 88.2 Å². The number of rotatable bonds is 5. The zero-order valence-corrected chi connectivity index (χ0v) is 30.5. The van der Waals surface area contributed by atoms with E-state index in [1.54, 1.807) is 0 Å². The maximum atomic E-state index is 6.97. The highest BCUT2D eigenvalue weighted by Crippen LogP contribution is 2.49. The Morgan fingerprint density at radius 2 is 0.789 bits per heavy atom. The molecular weight excluding hydrogens is 699 g/mol. The molecule has 12 aromatic rings. The van der Waals surface area contributed by atoms with Crippen molar-refractivity contribution in [1.29, 1.82) is 0 Å². The summed E-state index contributed by atoms with van der Waals surface area (Å²) in [6.45, 7) is 0. The Morgan fingerprint density at radius 3 is 1.42 bits per heavy atom. The Balaban J connectivity index is 1.22. The first-order chi connectivity index (χ1) is 28.3. The van der Waals surface area contributed by atoms with Gasteiger partial charge in [0.25, 0.3) is 0 Å². The molecule has 0 unspecified atom stereocenters. The molecule has 57 heavy (non-hydrogen) atoms. The molecule has 0 N–H and O–H groups in total. The van der Waals surface area contributed by atoms with E-state index in [1.165, 1.54) is 5.39 Å². The second-order valence-corrected chi connectivity index (χ2v) is 14.4. The van der Waals surface area contributed by atoms with Gasteiger partial charge in [-0.25, -0.2) is 15.0 Å². The zero-order valence-electron chi connectivity index (χ0n) is 30.5. The van der Waals surface area contributed by atoms with Crippen LogP contribution in [-0.4, -0.2) is 24.1 Å². The molecule has 0 fully saturated rings. The van der Waals surface area contributed by atoms with Gasteiger partial charge < -0.3 is 13.6 Å². The summed E-state index contributed by atoms with van der Waals surface area (Å²) in [6.07, 6.45) is 0. The Labute approximate surface area is 326 Å². The Morgan fingerprint density at radius 1 is 0.351 bits per heavy atom. The molecule has 266 valence electrons. The smallest absolute Gasteiger partial charge is 0.164 e. The van der Waals surface area contributed by atoms with Crippen LogP contribution in [0.2, 0.25) is 0 Å². The number of aromatic nitrogens is 5. The van der Waals surface area contributed by atoms with Crippen molar-refractivity contribution in [3.05, 3.63) is 188 Å². The number of nitrogens with zero attached hydrogens (tertiary/aromatic N) is 5. The minimum absolute atomic E-state index is 0.607. The number of benzene rings is 8. The molecule has 0 aliphatic rings. The van der Waals surface area contributed by atoms with E-state index in [1.807, 2.05) is 66.7 Å². The standard InChI is InChI=1S/C51H31N5O/c1-4-17-32(18-5-1)49-52-50(33-19-6-2-7-20-33)54-51(53-49)34-21-16-24-36(31-34)56-40-28-13-10-25-37(40)43-46-44(48-45(47(43)56)39-27-12-15-30-42(39)57-48)38-26-11-14-29-41(38)55(46)35-22-8-3-9-23-35/h1-31H. The van der Waals surface area contributed by atoms with Gasteiger partial charge in [-0.15, -0.1) is 0 Å². The fraction of sp³-hybridized carbons (Fsp3) is 0. The number of fused-ring (bicyclic) bond motifs is 12. The summed E-state index contributed by atoms with van der Waals surface area (Å²) >= 11 is 0. The average molecular weight is 730 g/mol. The van der Waals surface area contributed by atoms with Crippen LogP contribution in [-0.2, 0) is 0 Å². The molecule has 0 aliphatic carbocycles. The summed E-state index contributed by atoms with van der Waals surface area (Å²) in [6, 6.07) is 65.3. The molecule has 4 aromatic heterocycles. The van der Waals surface area contributed by atoms with Gasteiger partial charge in [-0.05, 0) is 42.5 Å². The predicted molar refractivity (Wildman–Crippen MR) is 232 cm³/mol. The average Bonchev–Trinajstić information content (AvgIpc) is 3.95. The van der Waals surface area contributed by atoms with Gasteiger partial charge in [0.2, 0.25) is 0 Å². The van der Waals surface area contributed by atoms with Gasteiger partial charge in [0.05, 0.1) is 32.8 Å².